The minimum atomic E-state index is -4.44. The van der Waals surface area contributed by atoms with Crippen LogP contribution in [0.3, 0.4) is 0 Å². The standard InChI is InChI=1S/C9H12F3NO4/c10-9(11,12)5-17-4-7(14)13-2-6(3-13)1-8(15)16/h6H,1-5H2,(H,15,16). The van der Waals surface area contributed by atoms with Crippen molar-refractivity contribution in [1.29, 1.82) is 0 Å². The van der Waals surface area contributed by atoms with Crippen LogP contribution in [-0.2, 0) is 14.3 Å². The van der Waals surface area contributed by atoms with Crippen molar-refractivity contribution in [2.24, 2.45) is 5.92 Å². The molecule has 0 aromatic rings. The van der Waals surface area contributed by atoms with Gasteiger partial charge in [-0.25, -0.2) is 0 Å². The average molecular weight is 255 g/mol. The second-order valence-corrected chi connectivity index (χ2v) is 3.87. The van der Waals surface area contributed by atoms with Crippen LogP contribution in [0.4, 0.5) is 13.2 Å². The van der Waals surface area contributed by atoms with Gasteiger partial charge in [0.15, 0.2) is 0 Å². The van der Waals surface area contributed by atoms with Crippen molar-refractivity contribution in [1.82, 2.24) is 4.90 Å². The van der Waals surface area contributed by atoms with Gasteiger partial charge in [0.05, 0.1) is 6.42 Å². The second kappa shape index (κ2) is 5.35. The number of halogens is 3. The molecule has 1 aliphatic rings. The summed E-state index contributed by atoms with van der Waals surface area (Å²) in [5.74, 6) is -1.61. The summed E-state index contributed by atoms with van der Waals surface area (Å²) in [5, 5.41) is 8.45. The van der Waals surface area contributed by atoms with Crippen molar-refractivity contribution in [2.75, 3.05) is 26.3 Å². The Balaban J connectivity index is 2.13. The molecule has 0 spiro atoms. The molecule has 5 nitrogen and oxygen atoms in total. The minimum Gasteiger partial charge on any atom is -0.481 e. The highest BCUT2D eigenvalue weighted by atomic mass is 19.4. The van der Waals surface area contributed by atoms with Crippen LogP contribution < -0.4 is 0 Å². The molecule has 0 aromatic carbocycles. The van der Waals surface area contributed by atoms with Gasteiger partial charge >= 0.3 is 12.1 Å². The van der Waals surface area contributed by atoms with E-state index >= 15 is 0 Å². The van der Waals surface area contributed by atoms with Gasteiger partial charge in [-0.3, -0.25) is 9.59 Å². The Morgan fingerprint density at radius 3 is 2.41 bits per heavy atom. The molecule has 0 saturated carbocycles. The molecular formula is C9H12F3NO4. The fraction of sp³-hybridized carbons (Fsp3) is 0.778. The molecule has 0 aromatic heterocycles. The summed E-state index contributed by atoms with van der Waals surface area (Å²) in [7, 11) is 0. The molecule has 0 bridgehead atoms. The lowest BCUT2D eigenvalue weighted by Crippen LogP contribution is -2.51. The number of rotatable bonds is 5. The quantitative estimate of drug-likeness (QED) is 0.776. The summed E-state index contributed by atoms with van der Waals surface area (Å²) >= 11 is 0. The normalized spacial score (nSPS) is 16.8. The number of carbonyl (C=O) groups is 2. The van der Waals surface area contributed by atoms with E-state index in [1.165, 1.54) is 4.90 Å². The van der Waals surface area contributed by atoms with E-state index in [-0.39, 0.29) is 25.4 Å². The number of likely N-dealkylation sites (tertiary alicyclic amines) is 1. The summed E-state index contributed by atoms with van der Waals surface area (Å²) in [6.07, 6.45) is -4.48. The molecule has 17 heavy (non-hydrogen) atoms. The summed E-state index contributed by atoms with van der Waals surface area (Å²) in [5.41, 5.74) is 0. The van der Waals surface area contributed by atoms with E-state index in [0.29, 0.717) is 0 Å². The van der Waals surface area contributed by atoms with E-state index in [1.54, 1.807) is 0 Å². The molecule has 8 heteroatoms. The Hall–Kier alpha value is -1.31. The van der Waals surface area contributed by atoms with Gasteiger partial charge in [-0.15, -0.1) is 0 Å². The molecular weight excluding hydrogens is 243 g/mol. The lowest BCUT2D eigenvalue weighted by atomic mass is 9.96. The molecule has 0 aliphatic carbocycles. The zero-order chi connectivity index (χ0) is 13.1. The number of hydrogen-bond donors (Lipinski definition) is 1. The topological polar surface area (TPSA) is 66.8 Å². The first-order valence-electron chi connectivity index (χ1n) is 4.92. The first-order chi connectivity index (χ1) is 7.78. The van der Waals surface area contributed by atoms with Crippen LogP contribution in [0.25, 0.3) is 0 Å². The minimum absolute atomic E-state index is 0.0345. The summed E-state index contributed by atoms with van der Waals surface area (Å²) < 4.78 is 39.3. The second-order valence-electron chi connectivity index (χ2n) is 3.87. The Labute approximate surface area is 95.1 Å². The van der Waals surface area contributed by atoms with Gasteiger partial charge in [-0.1, -0.05) is 0 Å². The highest BCUT2D eigenvalue weighted by Crippen LogP contribution is 2.19. The number of ether oxygens (including phenoxy) is 1. The SMILES string of the molecule is O=C(O)CC1CN(C(=O)COCC(F)(F)F)C1. The third-order valence-electron chi connectivity index (χ3n) is 2.26. The van der Waals surface area contributed by atoms with Gasteiger partial charge < -0.3 is 14.7 Å². The van der Waals surface area contributed by atoms with Crippen molar-refractivity contribution < 1.29 is 32.6 Å². The average Bonchev–Trinajstić information content (AvgIpc) is 2.07. The van der Waals surface area contributed by atoms with E-state index in [9.17, 15) is 22.8 Å². The zero-order valence-electron chi connectivity index (χ0n) is 8.87. The van der Waals surface area contributed by atoms with Gasteiger partial charge in [0.2, 0.25) is 5.91 Å². The number of carbonyl (C=O) groups excluding carboxylic acids is 1. The van der Waals surface area contributed by atoms with E-state index in [2.05, 4.69) is 4.74 Å². The van der Waals surface area contributed by atoms with E-state index < -0.39 is 31.3 Å². The van der Waals surface area contributed by atoms with Crippen LogP contribution in [0.1, 0.15) is 6.42 Å². The fourth-order valence-electron chi connectivity index (χ4n) is 1.49. The van der Waals surface area contributed by atoms with E-state index in [1.807, 2.05) is 0 Å². The number of nitrogens with zero attached hydrogens (tertiary/aromatic N) is 1. The van der Waals surface area contributed by atoms with Crippen LogP contribution in [-0.4, -0.2) is 54.4 Å². The number of alkyl halides is 3. The highest BCUT2D eigenvalue weighted by Gasteiger charge is 2.33. The zero-order valence-corrected chi connectivity index (χ0v) is 8.87. The van der Waals surface area contributed by atoms with Crippen LogP contribution in [0, 0.1) is 5.92 Å². The molecule has 1 fully saturated rings. The maximum atomic E-state index is 11.7. The summed E-state index contributed by atoms with van der Waals surface area (Å²) in [6, 6.07) is 0. The van der Waals surface area contributed by atoms with Gasteiger partial charge in [0.1, 0.15) is 13.2 Å². The smallest absolute Gasteiger partial charge is 0.411 e. The first-order valence-corrected chi connectivity index (χ1v) is 4.92. The number of amides is 1. The van der Waals surface area contributed by atoms with Crippen LogP contribution in [0.15, 0.2) is 0 Å². The van der Waals surface area contributed by atoms with Gasteiger partial charge in [-0.05, 0) is 0 Å². The molecule has 1 saturated heterocycles. The molecule has 1 amide bonds. The first kappa shape index (κ1) is 13.8. The van der Waals surface area contributed by atoms with Crippen molar-refractivity contribution in [3.05, 3.63) is 0 Å². The molecule has 0 radical (unpaired) electrons. The number of carboxylic acid groups (broad SMARTS) is 1. The van der Waals surface area contributed by atoms with Crippen molar-refractivity contribution >= 4 is 11.9 Å². The van der Waals surface area contributed by atoms with Crippen molar-refractivity contribution in [3.8, 4) is 0 Å². The number of hydrogen-bond acceptors (Lipinski definition) is 3. The molecule has 0 unspecified atom stereocenters. The predicted molar refractivity (Wildman–Crippen MR) is 49.2 cm³/mol. The number of aliphatic carboxylic acids is 1. The highest BCUT2D eigenvalue weighted by molar-refractivity contribution is 5.78. The molecule has 98 valence electrons. The molecule has 1 heterocycles. The predicted octanol–water partition coefficient (Wildman–Crippen LogP) is 0.498. The third kappa shape index (κ3) is 5.03. The third-order valence-corrected chi connectivity index (χ3v) is 2.26. The molecule has 1 N–H and O–H groups in total. The van der Waals surface area contributed by atoms with Gasteiger partial charge in [0, 0.05) is 19.0 Å². The van der Waals surface area contributed by atoms with E-state index in [4.69, 9.17) is 5.11 Å². The monoisotopic (exact) mass is 255 g/mol. The Kier molecular flexibility index (Phi) is 4.33. The van der Waals surface area contributed by atoms with Crippen molar-refractivity contribution in [3.63, 3.8) is 0 Å². The summed E-state index contributed by atoms with van der Waals surface area (Å²) in [4.78, 5) is 22.8. The van der Waals surface area contributed by atoms with E-state index in [0.717, 1.165) is 0 Å². The Morgan fingerprint density at radius 1 is 1.35 bits per heavy atom. The van der Waals surface area contributed by atoms with Crippen LogP contribution >= 0.6 is 0 Å². The Bertz CT molecular complexity index is 299. The lowest BCUT2D eigenvalue weighted by molar-refractivity contribution is -0.179. The van der Waals surface area contributed by atoms with Crippen LogP contribution in [0.2, 0.25) is 0 Å². The van der Waals surface area contributed by atoms with Gasteiger partial charge in [0.25, 0.3) is 0 Å². The maximum absolute atomic E-state index is 11.7. The van der Waals surface area contributed by atoms with Crippen LogP contribution in [0.5, 0.6) is 0 Å². The molecule has 1 rings (SSSR count). The molecule has 0 atom stereocenters. The largest absolute Gasteiger partial charge is 0.481 e. The fourth-order valence-corrected chi connectivity index (χ4v) is 1.49. The lowest BCUT2D eigenvalue weighted by Gasteiger charge is -2.38. The molecule has 1 aliphatic heterocycles. The number of carboxylic acids is 1. The summed E-state index contributed by atoms with van der Waals surface area (Å²) in [6.45, 7) is -1.55. The van der Waals surface area contributed by atoms with Crippen molar-refractivity contribution in [2.45, 2.75) is 12.6 Å². The Morgan fingerprint density at radius 2 is 1.94 bits per heavy atom. The van der Waals surface area contributed by atoms with Gasteiger partial charge in [-0.2, -0.15) is 13.2 Å². The maximum Gasteiger partial charge on any atom is 0.411 e.